The summed E-state index contributed by atoms with van der Waals surface area (Å²) in [6, 6.07) is 6.42. The average Bonchev–Trinajstić information content (AvgIpc) is 3.20. The van der Waals surface area contributed by atoms with Gasteiger partial charge < -0.3 is 4.90 Å². The molecule has 3 heterocycles. The standard InChI is InChI=1S/C26H29FN6/c1-4-5-6-7-20(2)33-21(3)23(18-30-33)19-31-14-16-32(17-15-31)26-25(28-12-13-29-26)22-8-10-24(27)11-9-22/h4-13,18H,1,14-17,19H2,2-3H3/b6-5-,20-7+. The van der Waals surface area contributed by atoms with Crippen molar-refractivity contribution in [3.8, 4) is 11.3 Å². The fourth-order valence-electron chi connectivity index (χ4n) is 4.03. The van der Waals surface area contributed by atoms with E-state index in [1.54, 1.807) is 30.6 Å². The molecule has 0 amide bonds. The van der Waals surface area contributed by atoms with Crippen LogP contribution in [0.15, 0.2) is 73.7 Å². The minimum absolute atomic E-state index is 0.254. The van der Waals surface area contributed by atoms with Crippen LogP contribution in [0.1, 0.15) is 18.2 Å². The van der Waals surface area contributed by atoms with Crippen molar-refractivity contribution in [3.63, 3.8) is 0 Å². The minimum atomic E-state index is -0.254. The summed E-state index contributed by atoms with van der Waals surface area (Å²) in [5, 5.41) is 4.58. The van der Waals surface area contributed by atoms with Gasteiger partial charge in [-0.05, 0) is 44.2 Å². The first-order valence-electron chi connectivity index (χ1n) is 11.1. The Balaban J connectivity index is 1.42. The highest BCUT2D eigenvalue weighted by Gasteiger charge is 2.22. The third-order valence-electron chi connectivity index (χ3n) is 5.89. The second kappa shape index (κ2) is 10.4. The Morgan fingerprint density at radius 2 is 1.79 bits per heavy atom. The molecule has 2 aromatic heterocycles. The highest BCUT2D eigenvalue weighted by Crippen LogP contribution is 2.27. The van der Waals surface area contributed by atoms with E-state index in [9.17, 15) is 4.39 Å². The number of nitrogens with zero attached hydrogens (tertiary/aromatic N) is 6. The molecule has 1 saturated heterocycles. The van der Waals surface area contributed by atoms with Gasteiger partial charge in [0.25, 0.3) is 0 Å². The van der Waals surface area contributed by atoms with E-state index >= 15 is 0 Å². The van der Waals surface area contributed by atoms with E-state index < -0.39 is 0 Å². The smallest absolute Gasteiger partial charge is 0.155 e. The van der Waals surface area contributed by atoms with Gasteiger partial charge >= 0.3 is 0 Å². The van der Waals surface area contributed by atoms with Crippen LogP contribution in [0.2, 0.25) is 0 Å². The fraction of sp³-hybridized carbons (Fsp3) is 0.269. The van der Waals surface area contributed by atoms with E-state index in [0.29, 0.717) is 0 Å². The molecule has 3 aromatic rings. The molecule has 0 unspecified atom stereocenters. The highest BCUT2D eigenvalue weighted by atomic mass is 19.1. The highest BCUT2D eigenvalue weighted by molar-refractivity contribution is 5.72. The van der Waals surface area contributed by atoms with Crippen LogP contribution in [-0.2, 0) is 6.54 Å². The Labute approximate surface area is 194 Å². The third kappa shape index (κ3) is 5.26. The molecule has 1 aliphatic rings. The molecule has 1 fully saturated rings. The van der Waals surface area contributed by atoms with Gasteiger partial charge in [0.2, 0.25) is 0 Å². The average molecular weight is 445 g/mol. The summed E-state index contributed by atoms with van der Waals surface area (Å²) in [4.78, 5) is 13.8. The molecule has 4 rings (SSSR count). The molecule has 0 atom stereocenters. The predicted molar refractivity (Wildman–Crippen MR) is 131 cm³/mol. The van der Waals surface area contributed by atoms with Crippen molar-refractivity contribution in [3.05, 3.63) is 90.8 Å². The van der Waals surface area contributed by atoms with Crippen molar-refractivity contribution in [1.82, 2.24) is 24.6 Å². The zero-order chi connectivity index (χ0) is 23.2. The second-order valence-electron chi connectivity index (χ2n) is 8.09. The van der Waals surface area contributed by atoms with Crippen LogP contribution < -0.4 is 4.90 Å². The number of hydrogen-bond acceptors (Lipinski definition) is 5. The molecule has 0 aliphatic carbocycles. The van der Waals surface area contributed by atoms with Gasteiger partial charge in [0.05, 0.1) is 6.20 Å². The molecule has 0 saturated carbocycles. The molecule has 0 N–H and O–H groups in total. The summed E-state index contributed by atoms with van der Waals surface area (Å²) >= 11 is 0. The molecular formula is C26H29FN6. The van der Waals surface area contributed by atoms with Crippen molar-refractivity contribution in [2.45, 2.75) is 20.4 Å². The minimum Gasteiger partial charge on any atom is -0.352 e. The summed E-state index contributed by atoms with van der Waals surface area (Å²) in [6.07, 6.45) is 13.0. The number of piperazine rings is 1. The molecular weight excluding hydrogens is 415 g/mol. The molecule has 170 valence electrons. The van der Waals surface area contributed by atoms with Crippen molar-refractivity contribution >= 4 is 11.5 Å². The Morgan fingerprint density at radius 3 is 2.52 bits per heavy atom. The normalized spacial score (nSPS) is 15.4. The zero-order valence-corrected chi connectivity index (χ0v) is 19.2. The molecule has 0 bridgehead atoms. The quantitative estimate of drug-likeness (QED) is 0.494. The van der Waals surface area contributed by atoms with Crippen LogP contribution >= 0.6 is 0 Å². The van der Waals surface area contributed by atoms with Crippen LogP contribution in [0.25, 0.3) is 17.0 Å². The van der Waals surface area contributed by atoms with E-state index in [1.807, 2.05) is 29.1 Å². The molecule has 33 heavy (non-hydrogen) atoms. The summed E-state index contributed by atoms with van der Waals surface area (Å²) < 4.78 is 15.3. The number of benzene rings is 1. The summed E-state index contributed by atoms with van der Waals surface area (Å²) in [5.74, 6) is 0.594. The lowest BCUT2D eigenvalue weighted by molar-refractivity contribution is 0.249. The lowest BCUT2D eigenvalue weighted by Gasteiger charge is -2.35. The van der Waals surface area contributed by atoms with E-state index in [0.717, 1.165) is 61.2 Å². The lowest BCUT2D eigenvalue weighted by Crippen LogP contribution is -2.46. The first-order chi connectivity index (χ1) is 16.1. The fourth-order valence-corrected chi connectivity index (χ4v) is 4.03. The first kappa shape index (κ1) is 22.6. The van der Waals surface area contributed by atoms with Crippen LogP contribution in [0.4, 0.5) is 10.2 Å². The Kier molecular flexibility index (Phi) is 7.10. The molecule has 1 aliphatic heterocycles. The van der Waals surface area contributed by atoms with Gasteiger partial charge in [-0.2, -0.15) is 5.10 Å². The number of rotatable bonds is 7. The SMILES string of the molecule is C=C/C=C\C=C(/C)n1ncc(CN2CCN(c3nccnc3-c3ccc(F)cc3)CC2)c1C. The molecule has 0 radical (unpaired) electrons. The van der Waals surface area contributed by atoms with Gasteiger partial charge in [-0.25, -0.2) is 14.1 Å². The second-order valence-corrected chi connectivity index (χ2v) is 8.09. The number of allylic oxidation sites excluding steroid dienone is 5. The predicted octanol–water partition coefficient (Wildman–Crippen LogP) is 4.71. The lowest BCUT2D eigenvalue weighted by atomic mass is 10.1. The van der Waals surface area contributed by atoms with Crippen LogP contribution in [0, 0.1) is 12.7 Å². The van der Waals surface area contributed by atoms with Gasteiger partial charge in [-0.3, -0.25) is 9.88 Å². The van der Waals surface area contributed by atoms with E-state index in [2.05, 4.69) is 45.3 Å². The molecule has 1 aromatic carbocycles. The van der Waals surface area contributed by atoms with Crippen molar-refractivity contribution < 1.29 is 4.39 Å². The largest absolute Gasteiger partial charge is 0.352 e. The van der Waals surface area contributed by atoms with Crippen LogP contribution in [0.3, 0.4) is 0 Å². The maximum atomic E-state index is 13.4. The molecule has 0 spiro atoms. The van der Waals surface area contributed by atoms with Gasteiger partial charge in [0, 0.05) is 67.6 Å². The maximum Gasteiger partial charge on any atom is 0.155 e. The van der Waals surface area contributed by atoms with E-state index in [1.165, 1.54) is 17.7 Å². The summed E-state index contributed by atoms with van der Waals surface area (Å²) in [5.41, 5.74) is 5.12. The topological polar surface area (TPSA) is 50.1 Å². The number of hydrogen-bond donors (Lipinski definition) is 0. The Hall–Kier alpha value is -3.58. The summed E-state index contributed by atoms with van der Waals surface area (Å²) in [6.45, 7) is 12.3. The number of aromatic nitrogens is 4. The van der Waals surface area contributed by atoms with Crippen molar-refractivity contribution in [1.29, 1.82) is 0 Å². The van der Waals surface area contributed by atoms with Crippen LogP contribution in [-0.4, -0.2) is 50.8 Å². The van der Waals surface area contributed by atoms with Crippen molar-refractivity contribution in [2.24, 2.45) is 0 Å². The van der Waals surface area contributed by atoms with Gasteiger partial charge in [-0.1, -0.05) is 24.8 Å². The monoisotopic (exact) mass is 444 g/mol. The van der Waals surface area contributed by atoms with Gasteiger partial charge in [0.1, 0.15) is 11.5 Å². The third-order valence-corrected chi connectivity index (χ3v) is 5.89. The van der Waals surface area contributed by atoms with Crippen LogP contribution in [0.5, 0.6) is 0 Å². The summed E-state index contributed by atoms with van der Waals surface area (Å²) in [7, 11) is 0. The van der Waals surface area contributed by atoms with Gasteiger partial charge in [0.15, 0.2) is 5.82 Å². The Morgan fingerprint density at radius 1 is 1.06 bits per heavy atom. The van der Waals surface area contributed by atoms with E-state index in [4.69, 9.17) is 0 Å². The Bertz CT molecular complexity index is 1150. The number of halogens is 1. The zero-order valence-electron chi connectivity index (χ0n) is 19.2. The van der Waals surface area contributed by atoms with Gasteiger partial charge in [-0.15, -0.1) is 0 Å². The maximum absolute atomic E-state index is 13.4. The first-order valence-corrected chi connectivity index (χ1v) is 11.1. The van der Waals surface area contributed by atoms with Crippen molar-refractivity contribution in [2.75, 3.05) is 31.1 Å². The number of anilines is 1. The van der Waals surface area contributed by atoms with E-state index in [-0.39, 0.29) is 5.82 Å². The molecule has 6 nitrogen and oxygen atoms in total. The molecule has 7 heteroatoms.